The van der Waals surface area contributed by atoms with E-state index in [-0.39, 0.29) is 24.3 Å². The number of rotatable bonds is 5. The summed E-state index contributed by atoms with van der Waals surface area (Å²) in [5.41, 5.74) is 3.14. The number of amides is 1. The number of carbonyl (C=O) groups excluding carboxylic acids is 1. The van der Waals surface area contributed by atoms with Gasteiger partial charge < -0.3 is 10.3 Å². The van der Waals surface area contributed by atoms with Crippen LogP contribution in [0.3, 0.4) is 0 Å². The molecule has 4 aromatic rings. The monoisotopic (exact) mass is 424 g/mol. The molecule has 0 saturated carbocycles. The maximum Gasteiger partial charge on any atom is 0.270 e. The van der Waals surface area contributed by atoms with Crippen LogP contribution < -0.4 is 10.9 Å². The molecule has 1 amide bonds. The third-order valence-electron chi connectivity index (χ3n) is 4.40. The van der Waals surface area contributed by atoms with E-state index < -0.39 is 0 Å². The standard InChI is InChI=1S/C21H17ClN4O2S/c1-12-19(13-5-4-6-14(22)11-13)26-21(29-12)25-18(27)10-9-17-20(28)24-16-8-3-2-7-15(16)23-17/h2-8,11H,9-10H2,1H3,(H,24,28)(H,25,26,27). The molecule has 0 spiro atoms. The van der Waals surface area contributed by atoms with Crippen molar-refractivity contribution in [3.8, 4) is 11.3 Å². The van der Waals surface area contributed by atoms with Crippen molar-refractivity contribution in [1.29, 1.82) is 0 Å². The molecular formula is C21H17ClN4O2S. The number of H-pyrrole nitrogens is 1. The highest BCUT2D eigenvalue weighted by molar-refractivity contribution is 7.16. The van der Waals surface area contributed by atoms with Crippen molar-refractivity contribution < 1.29 is 4.79 Å². The summed E-state index contributed by atoms with van der Waals surface area (Å²) in [6.45, 7) is 1.95. The Morgan fingerprint density at radius 3 is 2.83 bits per heavy atom. The van der Waals surface area contributed by atoms with Crippen molar-refractivity contribution in [3.63, 3.8) is 0 Å². The summed E-state index contributed by atoms with van der Waals surface area (Å²) >= 11 is 7.46. The molecule has 0 aliphatic rings. The number of fused-ring (bicyclic) bond motifs is 1. The van der Waals surface area contributed by atoms with Gasteiger partial charge in [0.25, 0.3) is 5.56 Å². The van der Waals surface area contributed by atoms with Gasteiger partial charge in [-0.25, -0.2) is 9.97 Å². The predicted molar refractivity (Wildman–Crippen MR) is 117 cm³/mol. The fraction of sp³-hybridized carbons (Fsp3) is 0.143. The summed E-state index contributed by atoms with van der Waals surface area (Å²) in [6.07, 6.45) is 0.386. The summed E-state index contributed by atoms with van der Waals surface area (Å²) in [4.78, 5) is 37.2. The van der Waals surface area contributed by atoms with Gasteiger partial charge in [0.15, 0.2) is 5.13 Å². The van der Waals surface area contributed by atoms with Gasteiger partial charge in [-0.15, -0.1) is 11.3 Å². The molecule has 0 atom stereocenters. The Hall–Kier alpha value is -3.03. The lowest BCUT2D eigenvalue weighted by atomic mass is 10.1. The number of para-hydroxylation sites is 2. The fourth-order valence-corrected chi connectivity index (χ4v) is 4.05. The predicted octanol–water partition coefficient (Wildman–Crippen LogP) is 4.58. The van der Waals surface area contributed by atoms with E-state index >= 15 is 0 Å². The molecule has 2 N–H and O–H groups in total. The number of thiazole rings is 1. The lowest BCUT2D eigenvalue weighted by Gasteiger charge is -2.03. The molecule has 0 radical (unpaired) electrons. The summed E-state index contributed by atoms with van der Waals surface area (Å²) in [5, 5.41) is 3.96. The maximum atomic E-state index is 12.4. The van der Waals surface area contributed by atoms with Crippen molar-refractivity contribution in [3.05, 3.63) is 74.5 Å². The normalized spacial score (nSPS) is 11.0. The second-order valence-corrected chi connectivity index (χ2v) is 8.15. The number of aromatic nitrogens is 3. The van der Waals surface area contributed by atoms with Gasteiger partial charge in [-0.2, -0.15) is 0 Å². The largest absolute Gasteiger partial charge is 0.319 e. The van der Waals surface area contributed by atoms with E-state index in [0.29, 0.717) is 26.9 Å². The van der Waals surface area contributed by atoms with Crippen molar-refractivity contribution in [2.24, 2.45) is 0 Å². The number of nitrogens with zero attached hydrogens (tertiary/aromatic N) is 2. The molecule has 29 heavy (non-hydrogen) atoms. The number of hydrogen-bond acceptors (Lipinski definition) is 5. The number of benzene rings is 2. The van der Waals surface area contributed by atoms with Gasteiger partial charge in [-0.05, 0) is 31.2 Å². The minimum absolute atomic E-state index is 0.138. The van der Waals surface area contributed by atoms with E-state index in [1.165, 1.54) is 11.3 Å². The Morgan fingerprint density at radius 1 is 1.17 bits per heavy atom. The third kappa shape index (κ3) is 4.36. The number of halogens is 1. The highest BCUT2D eigenvalue weighted by atomic mass is 35.5. The topological polar surface area (TPSA) is 87.7 Å². The molecule has 8 heteroatoms. The van der Waals surface area contributed by atoms with E-state index in [0.717, 1.165) is 16.1 Å². The Bertz CT molecular complexity index is 1270. The second kappa shape index (κ2) is 8.14. The zero-order valence-corrected chi connectivity index (χ0v) is 17.1. The molecule has 0 aliphatic heterocycles. The van der Waals surface area contributed by atoms with Gasteiger partial charge in [0.2, 0.25) is 5.91 Å². The zero-order chi connectivity index (χ0) is 20.4. The SMILES string of the molecule is Cc1sc(NC(=O)CCc2nc3ccccc3[nH]c2=O)nc1-c1cccc(Cl)c1. The van der Waals surface area contributed by atoms with Gasteiger partial charge in [0, 0.05) is 28.3 Å². The smallest absolute Gasteiger partial charge is 0.270 e. The minimum atomic E-state index is -0.273. The number of aryl methyl sites for hydroxylation is 2. The Kier molecular flexibility index (Phi) is 5.42. The first-order valence-electron chi connectivity index (χ1n) is 9.01. The van der Waals surface area contributed by atoms with Crippen LogP contribution in [0.25, 0.3) is 22.3 Å². The molecule has 2 heterocycles. The van der Waals surface area contributed by atoms with E-state index in [1.807, 2.05) is 43.3 Å². The fourth-order valence-electron chi connectivity index (χ4n) is 3.00. The molecule has 0 fully saturated rings. The highest BCUT2D eigenvalue weighted by Crippen LogP contribution is 2.31. The molecule has 6 nitrogen and oxygen atoms in total. The van der Waals surface area contributed by atoms with Crippen molar-refractivity contribution in [1.82, 2.24) is 15.0 Å². The van der Waals surface area contributed by atoms with Crippen LogP contribution in [-0.4, -0.2) is 20.9 Å². The second-order valence-electron chi connectivity index (χ2n) is 6.51. The van der Waals surface area contributed by atoms with Crippen LogP contribution in [0.5, 0.6) is 0 Å². The van der Waals surface area contributed by atoms with Gasteiger partial charge in [0.05, 0.1) is 16.7 Å². The van der Waals surface area contributed by atoms with Gasteiger partial charge in [0.1, 0.15) is 5.69 Å². The van der Waals surface area contributed by atoms with E-state index in [4.69, 9.17) is 11.6 Å². The Labute approximate surface area is 175 Å². The zero-order valence-electron chi connectivity index (χ0n) is 15.5. The maximum absolute atomic E-state index is 12.4. The number of carbonyl (C=O) groups is 1. The number of anilines is 1. The van der Waals surface area contributed by atoms with Crippen molar-refractivity contribution in [2.45, 2.75) is 19.8 Å². The van der Waals surface area contributed by atoms with Crippen LogP contribution in [0.2, 0.25) is 5.02 Å². The van der Waals surface area contributed by atoms with Crippen LogP contribution in [0.15, 0.2) is 53.3 Å². The number of hydrogen-bond donors (Lipinski definition) is 2. The Balaban J connectivity index is 1.45. The molecule has 2 aromatic heterocycles. The summed E-state index contributed by atoms with van der Waals surface area (Å²) in [5.74, 6) is -0.217. The third-order valence-corrected chi connectivity index (χ3v) is 5.52. The first-order valence-corrected chi connectivity index (χ1v) is 10.2. The molecule has 2 aromatic carbocycles. The molecular weight excluding hydrogens is 408 g/mol. The molecule has 0 bridgehead atoms. The molecule has 0 unspecified atom stereocenters. The minimum Gasteiger partial charge on any atom is -0.319 e. The van der Waals surface area contributed by atoms with Crippen LogP contribution in [0.1, 0.15) is 17.0 Å². The van der Waals surface area contributed by atoms with Crippen LogP contribution >= 0.6 is 22.9 Å². The van der Waals surface area contributed by atoms with E-state index in [9.17, 15) is 9.59 Å². The number of nitrogens with one attached hydrogen (secondary N) is 2. The van der Waals surface area contributed by atoms with Gasteiger partial charge >= 0.3 is 0 Å². The summed E-state index contributed by atoms with van der Waals surface area (Å²) < 4.78 is 0. The van der Waals surface area contributed by atoms with Crippen LogP contribution in [0, 0.1) is 6.92 Å². The summed E-state index contributed by atoms with van der Waals surface area (Å²) in [6, 6.07) is 14.7. The Morgan fingerprint density at radius 2 is 2.00 bits per heavy atom. The molecule has 0 aliphatic carbocycles. The van der Waals surface area contributed by atoms with Crippen molar-refractivity contribution >= 4 is 45.0 Å². The summed E-state index contributed by atoms with van der Waals surface area (Å²) in [7, 11) is 0. The van der Waals surface area contributed by atoms with Crippen LogP contribution in [0.4, 0.5) is 5.13 Å². The first-order chi connectivity index (χ1) is 14.0. The first kappa shape index (κ1) is 19.3. The van der Waals surface area contributed by atoms with Gasteiger partial charge in [-0.1, -0.05) is 35.9 Å². The van der Waals surface area contributed by atoms with E-state index in [2.05, 4.69) is 20.3 Å². The molecule has 0 saturated heterocycles. The van der Waals surface area contributed by atoms with Crippen molar-refractivity contribution in [2.75, 3.05) is 5.32 Å². The van der Waals surface area contributed by atoms with Gasteiger partial charge in [-0.3, -0.25) is 9.59 Å². The average molecular weight is 425 g/mol. The average Bonchev–Trinajstić information content (AvgIpc) is 3.06. The van der Waals surface area contributed by atoms with E-state index in [1.54, 1.807) is 12.1 Å². The lowest BCUT2D eigenvalue weighted by Crippen LogP contribution is -2.18. The molecule has 4 rings (SSSR count). The quantitative estimate of drug-likeness (QED) is 0.490. The lowest BCUT2D eigenvalue weighted by molar-refractivity contribution is -0.116. The molecule has 146 valence electrons. The number of aromatic amines is 1. The highest BCUT2D eigenvalue weighted by Gasteiger charge is 2.13. The van der Waals surface area contributed by atoms with Crippen LogP contribution in [-0.2, 0) is 11.2 Å².